The molecule has 1 amide bonds. The molecule has 0 atom stereocenters. The van der Waals surface area contributed by atoms with Crippen molar-refractivity contribution in [2.75, 3.05) is 6.61 Å². The number of thiophene rings is 1. The van der Waals surface area contributed by atoms with Crippen LogP contribution in [-0.4, -0.2) is 18.2 Å². The molecule has 0 saturated heterocycles. The Morgan fingerprint density at radius 3 is 2.83 bits per heavy atom. The first-order valence-corrected chi connectivity index (χ1v) is 9.42. The second kappa shape index (κ2) is 9.20. The van der Waals surface area contributed by atoms with Crippen molar-refractivity contribution < 1.29 is 9.53 Å². The molecule has 0 aliphatic heterocycles. The smallest absolute Gasteiger partial charge is 0.240 e. The molecule has 0 fully saturated rings. The van der Waals surface area contributed by atoms with Crippen molar-refractivity contribution in [1.29, 1.82) is 0 Å². The molecular weight excluding hydrogens is 412 g/mol. The summed E-state index contributed by atoms with van der Waals surface area (Å²) in [5, 5.41) is 4.80. The van der Waals surface area contributed by atoms with Crippen molar-refractivity contribution in [3.8, 4) is 5.75 Å². The van der Waals surface area contributed by atoms with Crippen molar-refractivity contribution in [2.24, 2.45) is 5.10 Å². The Labute approximate surface area is 159 Å². The van der Waals surface area contributed by atoms with E-state index in [-0.39, 0.29) is 5.91 Å². The summed E-state index contributed by atoms with van der Waals surface area (Å²) in [6.07, 6.45) is 0.977. The minimum absolute atomic E-state index is 0.124. The zero-order valence-corrected chi connectivity index (χ0v) is 16.6. The number of nitrogens with one attached hydrogen (secondary N) is 1. The van der Waals surface area contributed by atoms with Gasteiger partial charge in [0.15, 0.2) is 0 Å². The number of hydrogen-bond donors (Lipinski definition) is 1. The van der Waals surface area contributed by atoms with Gasteiger partial charge in [-0.05, 0) is 72.1 Å². The highest BCUT2D eigenvalue weighted by Gasteiger charge is 2.05. The molecular formula is C17H18BrClN2O2S. The topological polar surface area (TPSA) is 50.7 Å². The minimum Gasteiger partial charge on any atom is -0.493 e. The largest absolute Gasteiger partial charge is 0.493 e. The van der Waals surface area contributed by atoms with Gasteiger partial charge in [-0.15, -0.1) is 11.3 Å². The number of carbonyl (C=O) groups excluding carboxylic acids is 1. The molecule has 0 saturated carbocycles. The van der Waals surface area contributed by atoms with Crippen molar-refractivity contribution >= 4 is 50.5 Å². The number of ether oxygens (including phenoxy) is 1. The van der Waals surface area contributed by atoms with Crippen molar-refractivity contribution in [3.05, 3.63) is 49.6 Å². The van der Waals surface area contributed by atoms with E-state index in [1.165, 1.54) is 0 Å². The summed E-state index contributed by atoms with van der Waals surface area (Å²) in [4.78, 5) is 12.8. The Bertz CT molecular complexity index is 746. The number of aryl methyl sites for hydroxylation is 1. The highest BCUT2D eigenvalue weighted by Crippen LogP contribution is 2.23. The molecule has 1 N–H and O–H groups in total. The van der Waals surface area contributed by atoms with E-state index in [4.69, 9.17) is 16.3 Å². The summed E-state index contributed by atoms with van der Waals surface area (Å²) in [6, 6.07) is 9.39. The average Bonchev–Trinajstić information content (AvgIpc) is 2.97. The molecule has 0 aliphatic rings. The standard InChI is InChI=1S/C17H18BrClN2O2S/c1-11-10-13(19)5-6-14(11)23-9-3-4-17(22)21-20-12(2)15-7-8-16(18)24-15/h5-8,10H,3-4,9H2,1-2H3,(H,21,22). The normalized spacial score (nSPS) is 11.4. The zero-order chi connectivity index (χ0) is 17.5. The third-order valence-electron chi connectivity index (χ3n) is 3.22. The van der Waals surface area contributed by atoms with E-state index in [1.807, 2.05) is 38.1 Å². The molecule has 4 nitrogen and oxygen atoms in total. The molecule has 24 heavy (non-hydrogen) atoms. The molecule has 1 heterocycles. The van der Waals surface area contributed by atoms with Gasteiger partial charge in [-0.25, -0.2) is 5.43 Å². The van der Waals surface area contributed by atoms with Crippen molar-refractivity contribution in [1.82, 2.24) is 5.43 Å². The van der Waals surface area contributed by atoms with Gasteiger partial charge in [0, 0.05) is 11.4 Å². The van der Waals surface area contributed by atoms with Gasteiger partial charge in [-0.2, -0.15) is 5.10 Å². The molecule has 7 heteroatoms. The van der Waals surface area contributed by atoms with Gasteiger partial charge in [0.2, 0.25) is 5.91 Å². The molecule has 1 aromatic carbocycles. The van der Waals surface area contributed by atoms with Crippen LogP contribution >= 0.6 is 38.9 Å². The molecule has 2 aromatic rings. The molecule has 0 aliphatic carbocycles. The number of hydrogen-bond acceptors (Lipinski definition) is 4. The summed E-state index contributed by atoms with van der Waals surface area (Å²) in [5.74, 6) is 0.665. The number of carbonyl (C=O) groups is 1. The first kappa shape index (κ1) is 19.0. The minimum atomic E-state index is -0.124. The zero-order valence-electron chi connectivity index (χ0n) is 13.4. The summed E-state index contributed by atoms with van der Waals surface area (Å²) >= 11 is 10.9. The average molecular weight is 430 g/mol. The van der Waals surface area contributed by atoms with Gasteiger partial charge in [0.1, 0.15) is 5.75 Å². The number of hydrazone groups is 1. The fourth-order valence-electron chi connectivity index (χ4n) is 1.96. The fraction of sp³-hybridized carbons (Fsp3) is 0.294. The van der Waals surface area contributed by atoms with Crippen molar-refractivity contribution in [2.45, 2.75) is 26.7 Å². The highest BCUT2D eigenvalue weighted by atomic mass is 79.9. The SMILES string of the molecule is CC(=NNC(=O)CCCOc1ccc(Cl)cc1C)c1ccc(Br)s1. The van der Waals surface area contributed by atoms with Crippen molar-refractivity contribution in [3.63, 3.8) is 0 Å². The van der Waals surface area contributed by atoms with Gasteiger partial charge in [0.25, 0.3) is 0 Å². The van der Waals surface area contributed by atoms with Crippen LogP contribution in [0.1, 0.15) is 30.2 Å². The van der Waals surface area contributed by atoms with E-state index in [2.05, 4.69) is 26.5 Å². The maximum Gasteiger partial charge on any atom is 0.240 e. The van der Waals surface area contributed by atoms with Crippen LogP contribution in [0.4, 0.5) is 0 Å². The van der Waals surface area contributed by atoms with Crippen LogP contribution in [0.2, 0.25) is 5.02 Å². The second-order valence-corrected chi connectivity index (χ2v) is 8.10. The van der Waals surface area contributed by atoms with E-state index in [9.17, 15) is 4.79 Å². The van der Waals surface area contributed by atoms with Crippen LogP contribution in [0.25, 0.3) is 0 Å². The van der Waals surface area contributed by atoms with Crippen LogP contribution in [-0.2, 0) is 4.79 Å². The first-order valence-electron chi connectivity index (χ1n) is 7.43. The molecule has 0 bridgehead atoms. The lowest BCUT2D eigenvalue weighted by molar-refractivity contribution is -0.121. The molecule has 128 valence electrons. The number of benzene rings is 1. The predicted octanol–water partition coefficient (Wildman–Crippen LogP) is 5.17. The Hall–Kier alpha value is -1.37. The van der Waals surface area contributed by atoms with E-state index in [0.29, 0.717) is 24.5 Å². The lowest BCUT2D eigenvalue weighted by atomic mass is 10.2. The van der Waals surface area contributed by atoms with Gasteiger partial charge < -0.3 is 4.74 Å². The second-order valence-electron chi connectivity index (χ2n) is 5.20. The highest BCUT2D eigenvalue weighted by molar-refractivity contribution is 9.11. The number of nitrogens with zero attached hydrogens (tertiary/aromatic N) is 1. The van der Waals surface area contributed by atoms with Crippen LogP contribution in [0, 0.1) is 6.92 Å². The number of halogens is 2. The summed E-state index contributed by atoms with van der Waals surface area (Å²) < 4.78 is 6.70. The number of rotatable bonds is 7. The maximum atomic E-state index is 11.8. The van der Waals surface area contributed by atoms with E-state index in [1.54, 1.807) is 17.4 Å². The quantitative estimate of drug-likeness (QED) is 0.375. The van der Waals surface area contributed by atoms with Crippen LogP contribution in [0.3, 0.4) is 0 Å². The lowest BCUT2D eigenvalue weighted by Crippen LogP contribution is -2.19. The molecule has 1 aromatic heterocycles. The maximum absolute atomic E-state index is 11.8. The third kappa shape index (κ3) is 5.92. The van der Waals surface area contributed by atoms with Crippen LogP contribution in [0.15, 0.2) is 39.2 Å². The Kier molecular flexibility index (Phi) is 7.27. The van der Waals surface area contributed by atoms with E-state index in [0.717, 1.165) is 25.7 Å². The van der Waals surface area contributed by atoms with Gasteiger partial charge in [-0.1, -0.05) is 11.6 Å². The Balaban J connectivity index is 1.71. The Morgan fingerprint density at radius 2 is 2.17 bits per heavy atom. The van der Waals surface area contributed by atoms with Crippen LogP contribution < -0.4 is 10.2 Å². The van der Waals surface area contributed by atoms with E-state index >= 15 is 0 Å². The van der Waals surface area contributed by atoms with E-state index < -0.39 is 0 Å². The summed E-state index contributed by atoms with van der Waals surface area (Å²) in [7, 11) is 0. The molecule has 2 rings (SSSR count). The van der Waals surface area contributed by atoms with Gasteiger partial charge >= 0.3 is 0 Å². The lowest BCUT2D eigenvalue weighted by Gasteiger charge is -2.09. The summed E-state index contributed by atoms with van der Waals surface area (Å²) in [6.45, 7) is 4.27. The van der Waals surface area contributed by atoms with Crippen LogP contribution in [0.5, 0.6) is 5.75 Å². The fourth-order valence-corrected chi connectivity index (χ4v) is 3.51. The summed E-state index contributed by atoms with van der Waals surface area (Å²) in [5.41, 5.74) is 4.34. The molecule has 0 radical (unpaired) electrons. The molecule has 0 unspecified atom stereocenters. The number of amides is 1. The van der Waals surface area contributed by atoms with Gasteiger partial charge in [-0.3, -0.25) is 4.79 Å². The first-order chi connectivity index (χ1) is 11.5. The monoisotopic (exact) mass is 428 g/mol. The molecule has 0 spiro atoms. The predicted molar refractivity (Wildman–Crippen MR) is 103 cm³/mol. The Morgan fingerprint density at radius 1 is 1.38 bits per heavy atom. The van der Waals surface area contributed by atoms with Gasteiger partial charge in [0.05, 0.1) is 21.0 Å². The third-order valence-corrected chi connectivity index (χ3v) is 5.19.